The molecule has 0 bridgehead atoms. The van der Waals surface area contributed by atoms with Crippen molar-refractivity contribution in [1.29, 1.82) is 0 Å². The summed E-state index contributed by atoms with van der Waals surface area (Å²) in [4.78, 5) is 23.6. The molecule has 6 heteroatoms. The van der Waals surface area contributed by atoms with E-state index in [1.54, 1.807) is 18.9 Å². The van der Waals surface area contributed by atoms with Crippen molar-refractivity contribution in [2.24, 2.45) is 0 Å². The van der Waals surface area contributed by atoms with E-state index in [2.05, 4.69) is 10.6 Å². The average molecular weight is 294 g/mol. The van der Waals surface area contributed by atoms with Gasteiger partial charge < -0.3 is 15.4 Å². The van der Waals surface area contributed by atoms with E-state index in [9.17, 15) is 9.59 Å². The first-order valence-corrected chi connectivity index (χ1v) is 7.60. The second-order valence-corrected chi connectivity index (χ2v) is 5.72. The Labute approximate surface area is 122 Å². The highest BCUT2D eigenvalue weighted by atomic mass is 32.2. The Morgan fingerprint density at radius 1 is 1.55 bits per heavy atom. The number of hydrogen-bond donors (Lipinski definition) is 2. The molecule has 108 valence electrons. The van der Waals surface area contributed by atoms with E-state index in [4.69, 9.17) is 4.74 Å². The van der Waals surface area contributed by atoms with Gasteiger partial charge in [0, 0.05) is 30.7 Å². The van der Waals surface area contributed by atoms with Gasteiger partial charge in [-0.15, -0.1) is 0 Å². The van der Waals surface area contributed by atoms with Crippen LogP contribution in [0.4, 0.5) is 5.69 Å². The molecule has 1 heterocycles. The van der Waals surface area contributed by atoms with Crippen molar-refractivity contribution in [3.05, 3.63) is 29.8 Å². The first kappa shape index (κ1) is 14.9. The van der Waals surface area contributed by atoms with Gasteiger partial charge in [-0.05, 0) is 17.7 Å². The summed E-state index contributed by atoms with van der Waals surface area (Å²) >= 11 is 1.61. The van der Waals surface area contributed by atoms with Crippen molar-refractivity contribution in [3.8, 4) is 0 Å². The Kier molecular flexibility index (Phi) is 5.43. The van der Waals surface area contributed by atoms with Crippen LogP contribution in [0.2, 0.25) is 0 Å². The van der Waals surface area contributed by atoms with Crippen LogP contribution in [0.15, 0.2) is 24.3 Å². The summed E-state index contributed by atoms with van der Waals surface area (Å²) in [5.74, 6) is 1.12. The smallest absolute Gasteiger partial charge is 0.247 e. The van der Waals surface area contributed by atoms with Crippen LogP contribution in [-0.4, -0.2) is 36.5 Å². The second kappa shape index (κ2) is 7.31. The average Bonchev–Trinajstić information content (AvgIpc) is 2.64. The summed E-state index contributed by atoms with van der Waals surface area (Å²) in [6.07, 6.45) is 0.470. The van der Waals surface area contributed by atoms with Crippen LogP contribution in [0, 0.1) is 0 Å². The van der Waals surface area contributed by atoms with Crippen LogP contribution in [-0.2, 0) is 20.9 Å². The SMILES string of the molecule is COCc1cccc(NC(=O)[C@@H]2CSCCC(=O)N2)c1. The van der Waals surface area contributed by atoms with Crippen molar-refractivity contribution in [3.63, 3.8) is 0 Å². The lowest BCUT2D eigenvalue weighted by molar-refractivity contribution is -0.125. The summed E-state index contributed by atoms with van der Waals surface area (Å²) in [6, 6.07) is 7.02. The van der Waals surface area contributed by atoms with Gasteiger partial charge in [-0.2, -0.15) is 11.8 Å². The number of thioether (sulfide) groups is 1. The van der Waals surface area contributed by atoms with E-state index < -0.39 is 6.04 Å². The molecular weight excluding hydrogens is 276 g/mol. The molecule has 0 aliphatic carbocycles. The van der Waals surface area contributed by atoms with E-state index >= 15 is 0 Å². The number of amides is 2. The number of ether oxygens (including phenoxy) is 1. The van der Waals surface area contributed by atoms with Crippen LogP contribution in [0.1, 0.15) is 12.0 Å². The maximum Gasteiger partial charge on any atom is 0.247 e. The molecule has 1 aromatic rings. The van der Waals surface area contributed by atoms with Crippen molar-refractivity contribution in [2.45, 2.75) is 19.1 Å². The van der Waals surface area contributed by atoms with E-state index in [0.717, 1.165) is 11.3 Å². The zero-order valence-corrected chi connectivity index (χ0v) is 12.2. The van der Waals surface area contributed by atoms with Crippen LogP contribution in [0.25, 0.3) is 0 Å². The third-order valence-electron chi connectivity index (χ3n) is 2.92. The molecule has 0 radical (unpaired) electrons. The summed E-state index contributed by atoms with van der Waals surface area (Å²) in [7, 11) is 1.63. The zero-order valence-electron chi connectivity index (χ0n) is 11.3. The van der Waals surface area contributed by atoms with Gasteiger partial charge in [0.05, 0.1) is 6.61 Å². The van der Waals surface area contributed by atoms with E-state index in [1.165, 1.54) is 0 Å². The maximum absolute atomic E-state index is 12.2. The van der Waals surface area contributed by atoms with Crippen LogP contribution in [0.3, 0.4) is 0 Å². The summed E-state index contributed by atoms with van der Waals surface area (Å²) in [5, 5.41) is 5.58. The Morgan fingerprint density at radius 3 is 3.20 bits per heavy atom. The third-order valence-corrected chi connectivity index (χ3v) is 3.98. The lowest BCUT2D eigenvalue weighted by Gasteiger charge is -2.15. The first-order chi connectivity index (χ1) is 9.69. The molecule has 1 atom stereocenters. The molecule has 0 aromatic heterocycles. The zero-order chi connectivity index (χ0) is 14.4. The molecule has 2 rings (SSSR count). The molecular formula is C14H18N2O3S. The van der Waals surface area contributed by atoms with E-state index in [-0.39, 0.29) is 11.8 Å². The highest BCUT2D eigenvalue weighted by Crippen LogP contribution is 2.14. The molecule has 1 aliphatic heterocycles. The number of rotatable bonds is 4. The minimum Gasteiger partial charge on any atom is -0.380 e. The summed E-state index contributed by atoms with van der Waals surface area (Å²) in [6.45, 7) is 0.500. The minimum absolute atomic E-state index is 0.0664. The van der Waals surface area contributed by atoms with Crippen LogP contribution >= 0.6 is 11.8 Å². The first-order valence-electron chi connectivity index (χ1n) is 6.45. The molecule has 0 saturated carbocycles. The largest absolute Gasteiger partial charge is 0.380 e. The Morgan fingerprint density at radius 2 is 2.40 bits per heavy atom. The molecule has 0 unspecified atom stereocenters. The molecule has 20 heavy (non-hydrogen) atoms. The number of carbonyl (C=O) groups is 2. The van der Waals surface area contributed by atoms with Crippen molar-refractivity contribution in [2.75, 3.05) is 23.9 Å². The normalized spacial score (nSPS) is 19.1. The van der Waals surface area contributed by atoms with Gasteiger partial charge in [-0.1, -0.05) is 12.1 Å². The van der Waals surface area contributed by atoms with Crippen molar-refractivity contribution in [1.82, 2.24) is 5.32 Å². The Hall–Kier alpha value is -1.53. The number of benzene rings is 1. The molecule has 2 amide bonds. The quantitative estimate of drug-likeness (QED) is 0.880. The maximum atomic E-state index is 12.2. The fourth-order valence-electron chi connectivity index (χ4n) is 1.95. The van der Waals surface area contributed by atoms with Gasteiger partial charge in [0.15, 0.2) is 0 Å². The molecule has 1 aromatic carbocycles. The molecule has 0 spiro atoms. The van der Waals surface area contributed by atoms with Crippen molar-refractivity contribution >= 4 is 29.3 Å². The lowest BCUT2D eigenvalue weighted by atomic mass is 10.2. The monoisotopic (exact) mass is 294 g/mol. The fourth-order valence-corrected chi connectivity index (χ4v) is 2.92. The lowest BCUT2D eigenvalue weighted by Crippen LogP contribution is -2.44. The molecule has 2 N–H and O–H groups in total. The molecule has 1 saturated heterocycles. The molecule has 1 aliphatic rings. The van der Waals surface area contributed by atoms with Crippen LogP contribution in [0.5, 0.6) is 0 Å². The van der Waals surface area contributed by atoms with Gasteiger partial charge >= 0.3 is 0 Å². The minimum atomic E-state index is -0.471. The fraction of sp³-hybridized carbons (Fsp3) is 0.429. The van der Waals surface area contributed by atoms with Gasteiger partial charge in [0.1, 0.15) is 6.04 Å². The topological polar surface area (TPSA) is 67.4 Å². The highest BCUT2D eigenvalue weighted by molar-refractivity contribution is 7.99. The summed E-state index contributed by atoms with van der Waals surface area (Å²) in [5.41, 5.74) is 1.71. The predicted octanol–water partition coefficient (Wildman–Crippen LogP) is 1.39. The third kappa shape index (κ3) is 4.25. The number of methoxy groups -OCH3 is 1. The van der Waals surface area contributed by atoms with Gasteiger partial charge in [0.25, 0.3) is 0 Å². The van der Waals surface area contributed by atoms with Gasteiger partial charge in [-0.25, -0.2) is 0 Å². The van der Waals surface area contributed by atoms with E-state index in [0.29, 0.717) is 24.5 Å². The number of anilines is 1. The van der Waals surface area contributed by atoms with Crippen LogP contribution < -0.4 is 10.6 Å². The number of nitrogens with one attached hydrogen (secondary N) is 2. The molecule has 5 nitrogen and oxygen atoms in total. The number of carbonyl (C=O) groups excluding carboxylic acids is 2. The van der Waals surface area contributed by atoms with Gasteiger partial charge in [0.2, 0.25) is 11.8 Å². The number of hydrogen-bond acceptors (Lipinski definition) is 4. The molecule has 1 fully saturated rings. The Bertz CT molecular complexity index is 493. The second-order valence-electron chi connectivity index (χ2n) is 4.57. The van der Waals surface area contributed by atoms with Crippen molar-refractivity contribution < 1.29 is 14.3 Å². The van der Waals surface area contributed by atoms with E-state index in [1.807, 2.05) is 24.3 Å². The Balaban J connectivity index is 1.99. The predicted molar refractivity (Wildman–Crippen MR) is 79.7 cm³/mol. The summed E-state index contributed by atoms with van der Waals surface area (Å²) < 4.78 is 5.06. The highest BCUT2D eigenvalue weighted by Gasteiger charge is 2.23. The van der Waals surface area contributed by atoms with Gasteiger partial charge in [-0.3, -0.25) is 9.59 Å². The standard InChI is InChI=1S/C14H18N2O3S/c1-19-8-10-3-2-4-11(7-10)15-14(18)12-9-20-6-5-13(17)16-12/h2-4,7,12H,5-6,8-9H2,1H3,(H,15,18)(H,16,17)/t12-/m0/s1.